The number of aromatic nitrogens is 5. The summed E-state index contributed by atoms with van der Waals surface area (Å²) in [6, 6.07) is 9.77. The third-order valence-corrected chi connectivity index (χ3v) is 4.70. The van der Waals surface area contributed by atoms with Gasteiger partial charge in [0.05, 0.1) is 35.5 Å². The SMILES string of the molecule is COc1cc(-c2nc(Nc3cc(F)ccc3Cl)n(C)n2)ccc1-n1cnc(C)c1. The van der Waals surface area contributed by atoms with Gasteiger partial charge in [0.15, 0.2) is 5.82 Å². The Morgan fingerprint density at radius 1 is 1.17 bits per heavy atom. The third-order valence-electron chi connectivity index (χ3n) is 4.37. The second kappa shape index (κ2) is 7.56. The van der Waals surface area contributed by atoms with E-state index in [2.05, 4.69) is 20.4 Å². The summed E-state index contributed by atoms with van der Waals surface area (Å²) in [4.78, 5) is 8.76. The highest BCUT2D eigenvalue weighted by Crippen LogP contribution is 2.30. The summed E-state index contributed by atoms with van der Waals surface area (Å²) in [6.45, 7) is 1.93. The lowest BCUT2D eigenvalue weighted by Gasteiger charge is -2.10. The lowest BCUT2D eigenvalue weighted by molar-refractivity contribution is 0.413. The number of hydrogen-bond acceptors (Lipinski definition) is 5. The Bertz CT molecular complexity index is 1190. The van der Waals surface area contributed by atoms with Crippen molar-refractivity contribution in [2.24, 2.45) is 7.05 Å². The molecule has 7 nitrogen and oxygen atoms in total. The van der Waals surface area contributed by atoms with Crippen molar-refractivity contribution >= 4 is 23.2 Å². The molecule has 9 heteroatoms. The van der Waals surface area contributed by atoms with E-state index in [1.54, 1.807) is 25.2 Å². The highest BCUT2D eigenvalue weighted by atomic mass is 35.5. The molecule has 4 aromatic rings. The van der Waals surface area contributed by atoms with Gasteiger partial charge in [-0.15, -0.1) is 5.10 Å². The first-order valence-electron chi connectivity index (χ1n) is 8.77. The molecular formula is C20H18ClFN6O. The number of nitrogens with one attached hydrogen (secondary N) is 1. The smallest absolute Gasteiger partial charge is 0.225 e. The van der Waals surface area contributed by atoms with Crippen LogP contribution in [0.2, 0.25) is 5.02 Å². The molecule has 0 amide bonds. The summed E-state index contributed by atoms with van der Waals surface area (Å²) in [6.07, 6.45) is 3.65. The van der Waals surface area contributed by atoms with Crippen molar-refractivity contribution in [1.29, 1.82) is 0 Å². The summed E-state index contributed by atoms with van der Waals surface area (Å²) in [5, 5.41) is 7.84. The van der Waals surface area contributed by atoms with Gasteiger partial charge in [-0.2, -0.15) is 4.98 Å². The number of hydrogen-bond donors (Lipinski definition) is 1. The Hall–Kier alpha value is -3.39. The number of methoxy groups -OCH3 is 1. The fourth-order valence-electron chi connectivity index (χ4n) is 2.91. The number of nitrogens with zero attached hydrogens (tertiary/aromatic N) is 5. The van der Waals surface area contributed by atoms with E-state index in [0.29, 0.717) is 28.2 Å². The van der Waals surface area contributed by atoms with Gasteiger partial charge in [-0.05, 0) is 43.3 Å². The van der Waals surface area contributed by atoms with Crippen molar-refractivity contribution in [3.05, 3.63) is 65.5 Å². The van der Waals surface area contributed by atoms with Crippen LogP contribution in [0.1, 0.15) is 5.69 Å². The molecule has 0 fully saturated rings. The van der Waals surface area contributed by atoms with E-state index in [1.807, 2.05) is 35.9 Å². The van der Waals surface area contributed by atoms with Crippen LogP contribution >= 0.6 is 11.6 Å². The molecule has 148 valence electrons. The average molecular weight is 413 g/mol. The lowest BCUT2D eigenvalue weighted by Crippen LogP contribution is -2.01. The molecule has 0 radical (unpaired) electrons. The molecule has 2 heterocycles. The molecular weight excluding hydrogens is 395 g/mol. The molecule has 1 N–H and O–H groups in total. The van der Waals surface area contributed by atoms with Crippen LogP contribution in [0.4, 0.5) is 16.0 Å². The fraction of sp³-hybridized carbons (Fsp3) is 0.150. The number of anilines is 2. The van der Waals surface area contributed by atoms with Gasteiger partial charge in [0, 0.05) is 18.8 Å². The molecule has 0 unspecified atom stereocenters. The molecule has 0 aliphatic rings. The van der Waals surface area contributed by atoms with Crippen molar-refractivity contribution in [2.45, 2.75) is 6.92 Å². The van der Waals surface area contributed by atoms with Gasteiger partial charge < -0.3 is 14.6 Å². The Morgan fingerprint density at radius 3 is 2.72 bits per heavy atom. The number of benzene rings is 2. The number of rotatable bonds is 5. The van der Waals surface area contributed by atoms with E-state index in [9.17, 15) is 4.39 Å². The zero-order valence-corrected chi connectivity index (χ0v) is 16.8. The topological polar surface area (TPSA) is 69.8 Å². The zero-order chi connectivity index (χ0) is 20.5. The number of ether oxygens (including phenoxy) is 1. The van der Waals surface area contributed by atoms with E-state index >= 15 is 0 Å². The Labute approximate surface area is 171 Å². The number of imidazole rings is 1. The maximum absolute atomic E-state index is 13.5. The van der Waals surface area contributed by atoms with Crippen LogP contribution < -0.4 is 10.1 Å². The Morgan fingerprint density at radius 2 is 2.00 bits per heavy atom. The van der Waals surface area contributed by atoms with Gasteiger partial charge >= 0.3 is 0 Å². The summed E-state index contributed by atoms with van der Waals surface area (Å²) >= 11 is 6.13. The minimum Gasteiger partial charge on any atom is -0.495 e. The second-order valence-corrected chi connectivity index (χ2v) is 6.85. The Kier molecular flexibility index (Phi) is 4.94. The highest BCUT2D eigenvalue weighted by molar-refractivity contribution is 6.33. The van der Waals surface area contributed by atoms with Crippen LogP contribution in [-0.2, 0) is 7.05 Å². The van der Waals surface area contributed by atoms with Crippen LogP contribution in [0.3, 0.4) is 0 Å². The van der Waals surface area contributed by atoms with Gasteiger partial charge in [-0.25, -0.2) is 14.1 Å². The summed E-state index contributed by atoms with van der Waals surface area (Å²) < 4.78 is 22.5. The standard InChI is InChI=1S/C20H18ClFN6O/c1-12-10-28(11-23-12)17-7-4-13(8-18(17)29-3)19-25-20(27(2)26-19)24-16-9-14(22)5-6-15(16)21/h4-11H,1-3H3,(H,24,25,26). The lowest BCUT2D eigenvalue weighted by atomic mass is 10.1. The van der Waals surface area contributed by atoms with Crippen LogP contribution in [-0.4, -0.2) is 31.4 Å². The first-order valence-corrected chi connectivity index (χ1v) is 9.15. The van der Waals surface area contributed by atoms with Crippen LogP contribution in [0.15, 0.2) is 48.9 Å². The first kappa shape index (κ1) is 18.9. The van der Waals surface area contributed by atoms with Crippen molar-refractivity contribution in [2.75, 3.05) is 12.4 Å². The van der Waals surface area contributed by atoms with Gasteiger partial charge in [0.25, 0.3) is 0 Å². The van der Waals surface area contributed by atoms with Crippen molar-refractivity contribution in [3.8, 4) is 22.8 Å². The van der Waals surface area contributed by atoms with E-state index in [-0.39, 0.29) is 0 Å². The molecule has 0 saturated carbocycles. The first-order chi connectivity index (χ1) is 13.9. The molecule has 0 spiro atoms. The normalized spacial score (nSPS) is 10.9. The third kappa shape index (κ3) is 3.79. The minimum atomic E-state index is -0.394. The van der Waals surface area contributed by atoms with Crippen LogP contribution in [0.25, 0.3) is 17.1 Å². The van der Waals surface area contributed by atoms with Crippen LogP contribution in [0, 0.1) is 12.7 Å². The van der Waals surface area contributed by atoms with Crippen molar-refractivity contribution in [1.82, 2.24) is 24.3 Å². The number of aryl methyl sites for hydroxylation is 2. The molecule has 0 aliphatic carbocycles. The quantitative estimate of drug-likeness (QED) is 0.522. The minimum absolute atomic E-state index is 0.387. The van der Waals surface area contributed by atoms with Crippen molar-refractivity contribution in [3.63, 3.8) is 0 Å². The Balaban J connectivity index is 1.67. The second-order valence-electron chi connectivity index (χ2n) is 6.44. The van der Waals surface area contributed by atoms with Crippen LogP contribution in [0.5, 0.6) is 5.75 Å². The largest absolute Gasteiger partial charge is 0.495 e. The molecule has 4 rings (SSSR count). The van der Waals surface area contributed by atoms with E-state index in [4.69, 9.17) is 16.3 Å². The van der Waals surface area contributed by atoms with Gasteiger partial charge in [0.2, 0.25) is 5.95 Å². The monoisotopic (exact) mass is 412 g/mol. The van der Waals surface area contributed by atoms with Gasteiger partial charge in [-0.3, -0.25) is 0 Å². The summed E-state index contributed by atoms with van der Waals surface area (Å²) in [5.41, 5.74) is 2.96. The average Bonchev–Trinajstić information content (AvgIpc) is 3.30. The van der Waals surface area contributed by atoms with E-state index in [1.165, 1.54) is 18.2 Å². The maximum atomic E-state index is 13.5. The predicted molar refractivity (Wildman–Crippen MR) is 110 cm³/mol. The molecule has 29 heavy (non-hydrogen) atoms. The molecule has 2 aromatic carbocycles. The molecule has 0 saturated heterocycles. The number of halogens is 2. The summed E-state index contributed by atoms with van der Waals surface area (Å²) in [5.74, 6) is 1.19. The zero-order valence-electron chi connectivity index (χ0n) is 16.0. The maximum Gasteiger partial charge on any atom is 0.225 e. The predicted octanol–water partition coefficient (Wildman–Crippen LogP) is 4.52. The van der Waals surface area contributed by atoms with E-state index in [0.717, 1.165) is 16.9 Å². The van der Waals surface area contributed by atoms with E-state index < -0.39 is 5.82 Å². The van der Waals surface area contributed by atoms with Gasteiger partial charge in [0.1, 0.15) is 11.6 Å². The van der Waals surface area contributed by atoms with Crippen molar-refractivity contribution < 1.29 is 9.13 Å². The molecule has 0 aliphatic heterocycles. The van der Waals surface area contributed by atoms with Gasteiger partial charge in [-0.1, -0.05) is 11.6 Å². The molecule has 0 atom stereocenters. The fourth-order valence-corrected chi connectivity index (χ4v) is 3.08. The summed E-state index contributed by atoms with van der Waals surface area (Å²) in [7, 11) is 3.35. The molecule has 0 bridgehead atoms. The highest BCUT2D eigenvalue weighted by Gasteiger charge is 2.14. The molecule has 2 aromatic heterocycles.